The summed E-state index contributed by atoms with van der Waals surface area (Å²) < 4.78 is 0. The molecular formula is C19H31N. The van der Waals surface area contributed by atoms with Gasteiger partial charge in [-0.15, -0.1) is 0 Å². The molecular weight excluding hydrogens is 242 g/mol. The van der Waals surface area contributed by atoms with Crippen molar-refractivity contribution >= 4 is 0 Å². The van der Waals surface area contributed by atoms with Gasteiger partial charge in [0.05, 0.1) is 0 Å². The van der Waals surface area contributed by atoms with Crippen LogP contribution in [0.1, 0.15) is 69.1 Å². The fourth-order valence-electron chi connectivity index (χ4n) is 4.46. The maximum absolute atomic E-state index is 6.20. The predicted molar refractivity (Wildman–Crippen MR) is 88.1 cm³/mol. The number of benzene rings is 1. The molecule has 0 saturated heterocycles. The van der Waals surface area contributed by atoms with Crippen LogP contribution in [0.2, 0.25) is 0 Å². The number of nitrogens with two attached hydrogens (primary N) is 1. The summed E-state index contributed by atoms with van der Waals surface area (Å²) in [6, 6.07) is 6.96. The van der Waals surface area contributed by atoms with E-state index in [2.05, 4.69) is 45.9 Å². The molecule has 0 atom stereocenters. The van der Waals surface area contributed by atoms with E-state index in [0.29, 0.717) is 5.41 Å². The first kappa shape index (κ1) is 15.6. The molecule has 0 aromatic heterocycles. The topological polar surface area (TPSA) is 26.0 Å². The highest BCUT2D eigenvalue weighted by Crippen LogP contribution is 2.59. The third-order valence-corrected chi connectivity index (χ3v) is 5.50. The van der Waals surface area contributed by atoms with E-state index in [-0.39, 0.29) is 5.41 Å². The normalized spacial score (nSPS) is 19.6. The van der Waals surface area contributed by atoms with Gasteiger partial charge in [0.2, 0.25) is 0 Å². The van der Waals surface area contributed by atoms with Crippen molar-refractivity contribution in [1.29, 1.82) is 0 Å². The van der Waals surface area contributed by atoms with Crippen LogP contribution in [0.5, 0.6) is 0 Å². The van der Waals surface area contributed by atoms with Gasteiger partial charge in [-0.1, -0.05) is 44.9 Å². The molecule has 0 spiro atoms. The van der Waals surface area contributed by atoms with Crippen LogP contribution >= 0.6 is 0 Å². The van der Waals surface area contributed by atoms with E-state index in [0.717, 1.165) is 6.54 Å². The Labute approximate surface area is 125 Å². The van der Waals surface area contributed by atoms with Crippen molar-refractivity contribution in [3.8, 4) is 0 Å². The van der Waals surface area contributed by atoms with E-state index in [4.69, 9.17) is 5.73 Å². The largest absolute Gasteiger partial charge is 0.330 e. The summed E-state index contributed by atoms with van der Waals surface area (Å²) in [6.07, 6.45) is 7.92. The van der Waals surface area contributed by atoms with Gasteiger partial charge in [-0.05, 0) is 61.6 Å². The number of hydrogen-bond donors (Lipinski definition) is 1. The maximum atomic E-state index is 6.20. The molecule has 0 aliphatic heterocycles. The summed E-state index contributed by atoms with van der Waals surface area (Å²) in [5.41, 5.74) is 11.3. The zero-order chi connectivity index (χ0) is 14.8. The van der Waals surface area contributed by atoms with Gasteiger partial charge in [0.1, 0.15) is 0 Å². The van der Waals surface area contributed by atoms with Crippen LogP contribution in [0.25, 0.3) is 0 Å². The molecule has 2 N–H and O–H groups in total. The van der Waals surface area contributed by atoms with E-state index < -0.39 is 0 Å². The lowest BCUT2D eigenvalue weighted by molar-refractivity contribution is 0.00780. The van der Waals surface area contributed by atoms with Gasteiger partial charge in [0.25, 0.3) is 0 Å². The van der Waals surface area contributed by atoms with Gasteiger partial charge in [-0.3, -0.25) is 0 Å². The zero-order valence-corrected chi connectivity index (χ0v) is 13.8. The summed E-state index contributed by atoms with van der Waals surface area (Å²) in [7, 11) is 0. The Bertz CT molecular complexity index is 447. The van der Waals surface area contributed by atoms with Crippen LogP contribution in [0.15, 0.2) is 18.2 Å². The fourth-order valence-corrected chi connectivity index (χ4v) is 4.46. The first-order valence-electron chi connectivity index (χ1n) is 8.29. The lowest BCUT2D eigenvalue weighted by Crippen LogP contribution is -2.53. The predicted octanol–water partition coefficient (Wildman–Crippen LogP) is 4.88. The van der Waals surface area contributed by atoms with Crippen LogP contribution in [0, 0.1) is 19.3 Å². The van der Waals surface area contributed by atoms with Gasteiger partial charge in [-0.25, -0.2) is 0 Å². The Morgan fingerprint density at radius 1 is 1.00 bits per heavy atom. The molecule has 112 valence electrons. The molecule has 1 aromatic rings. The van der Waals surface area contributed by atoms with Gasteiger partial charge < -0.3 is 5.73 Å². The van der Waals surface area contributed by atoms with Crippen LogP contribution in [0.3, 0.4) is 0 Å². The maximum Gasteiger partial charge on any atom is 0.00862 e. The van der Waals surface area contributed by atoms with Crippen LogP contribution in [-0.2, 0) is 5.41 Å². The Hall–Kier alpha value is -0.820. The van der Waals surface area contributed by atoms with E-state index in [9.17, 15) is 0 Å². The molecule has 1 aromatic carbocycles. The van der Waals surface area contributed by atoms with Crippen molar-refractivity contribution in [2.45, 2.75) is 71.6 Å². The van der Waals surface area contributed by atoms with Gasteiger partial charge in [-0.2, -0.15) is 0 Å². The minimum Gasteiger partial charge on any atom is -0.330 e. The molecule has 0 bridgehead atoms. The number of rotatable bonds is 6. The first-order valence-corrected chi connectivity index (χ1v) is 8.29. The monoisotopic (exact) mass is 273 g/mol. The SMILES string of the molecule is CCCC1(CCC)CC(CN)(c2ccc(C)c(C)c2)C1. The standard InChI is InChI=1S/C19H31N/c1-5-9-18(10-6-2)12-19(13-18,14-20)17-8-7-15(3)16(4)11-17/h7-8,11H,5-6,9-10,12-14,20H2,1-4H3. The van der Waals surface area contributed by atoms with Crippen molar-refractivity contribution in [3.63, 3.8) is 0 Å². The smallest absolute Gasteiger partial charge is 0.00862 e. The second-order valence-electron chi connectivity index (χ2n) is 7.14. The molecule has 0 unspecified atom stereocenters. The van der Waals surface area contributed by atoms with Crippen LogP contribution in [0.4, 0.5) is 0 Å². The Morgan fingerprint density at radius 2 is 1.60 bits per heavy atom. The molecule has 1 aliphatic carbocycles. The van der Waals surface area contributed by atoms with Crippen molar-refractivity contribution in [3.05, 3.63) is 34.9 Å². The summed E-state index contributed by atoms with van der Waals surface area (Å²) in [5.74, 6) is 0. The molecule has 0 amide bonds. The minimum atomic E-state index is 0.253. The molecule has 1 nitrogen and oxygen atoms in total. The molecule has 2 rings (SSSR count). The van der Waals surface area contributed by atoms with Crippen molar-refractivity contribution in [2.24, 2.45) is 11.1 Å². The highest BCUT2D eigenvalue weighted by Gasteiger charge is 2.53. The highest BCUT2D eigenvalue weighted by molar-refractivity contribution is 5.37. The summed E-state index contributed by atoms with van der Waals surface area (Å²) in [5, 5.41) is 0. The summed E-state index contributed by atoms with van der Waals surface area (Å²) >= 11 is 0. The zero-order valence-electron chi connectivity index (χ0n) is 13.8. The fraction of sp³-hybridized carbons (Fsp3) is 0.684. The van der Waals surface area contributed by atoms with Crippen LogP contribution < -0.4 is 5.73 Å². The summed E-state index contributed by atoms with van der Waals surface area (Å²) in [6.45, 7) is 9.83. The first-order chi connectivity index (χ1) is 9.51. The van der Waals surface area contributed by atoms with Crippen molar-refractivity contribution < 1.29 is 0 Å². The van der Waals surface area contributed by atoms with E-state index >= 15 is 0 Å². The van der Waals surface area contributed by atoms with E-state index in [1.807, 2.05) is 0 Å². The molecule has 0 heterocycles. The average Bonchev–Trinajstić information content (AvgIpc) is 2.39. The number of hydrogen-bond acceptors (Lipinski definition) is 1. The Kier molecular flexibility index (Phi) is 4.59. The van der Waals surface area contributed by atoms with E-state index in [1.54, 1.807) is 0 Å². The molecule has 1 fully saturated rings. The highest BCUT2D eigenvalue weighted by atomic mass is 14.7. The van der Waals surface area contributed by atoms with Crippen molar-refractivity contribution in [1.82, 2.24) is 0 Å². The molecule has 0 radical (unpaired) electrons. The lowest BCUT2D eigenvalue weighted by Gasteiger charge is -2.57. The molecule has 1 saturated carbocycles. The van der Waals surface area contributed by atoms with Crippen LogP contribution in [-0.4, -0.2) is 6.54 Å². The number of aryl methyl sites for hydroxylation is 2. The minimum absolute atomic E-state index is 0.253. The quantitative estimate of drug-likeness (QED) is 0.785. The van der Waals surface area contributed by atoms with Crippen molar-refractivity contribution in [2.75, 3.05) is 6.54 Å². The molecule has 1 heteroatoms. The third-order valence-electron chi connectivity index (χ3n) is 5.50. The molecule has 1 aliphatic rings. The van der Waals surface area contributed by atoms with Gasteiger partial charge >= 0.3 is 0 Å². The molecule has 20 heavy (non-hydrogen) atoms. The second kappa shape index (κ2) is 5.89. The van der Waals surface area contributed by atoms with Gasteiger partial charge in [0.15, 0.2) is 0 Å². The van der Waals surface area contributed by atoms with Gasteiger partial charge in [0, 0.05) is 12.0 Å². The Morgan fingerprint density at radius 3 is 2.05 bits per heavy atom. The third kappa shape index (κ3) is 2.65. The average molecular weight is 273 g/mol. The van der Waals surface area contributed by atoms with E-state index in [1.165, 1.54) is 55.2 Å². The Balaban J connectivity index is 2.23. The summed E-state index contributed by atoms with van der Waals surface area (Å²) in [4.78, 5) is 0. The second-order valence-corrected chi connectivity index (χ2v) is 7.14. The lowest BCUT2D eigenvalue weighted by atomic mass is 9.48.